The van der Waals surface area contributed by atoms with Crippen LogP contribution in [0.4, 0.5) is 0 Å². The van der Waals surface area contributed by atoms with Gasteiger partial charge in [-0.15, -0.1) is 0 Å². The van der Waals surface area contributed by atoms with Crippen molar-refractivity contribution in [2.75, 3.05) is 13.1 Å². The molecular formula is C17H23NO2. The van der Waals surface area contributed by atoms with Gasteiger partial charge in [0.25, 0.3) is 0 Å². The van der Waals surface area contributed by atoms with Crippen LogP contribution in [0.25, 0.3) is 0 Å². The van der Waals surface area contributed by atoms with E-state index in [4.69, 9.17) is 0 Å². The number of nitrogens with zero attached hydrogens (tertiary/aromatic N) is 1. The maximum Gasteiger partial charge on any atom is 0.308 e. The molecule has 108 valence electrons. The summed E-state index contributed by atoms with van der Waals surface area (Å²) in [7, 11) is 0. The third kappa shape index (κ3) is 2.59. The van der Waals surface area contributed by atoms with E-state index >= 15 is 0 Å². The van der Waals surface area contributed by atoms with Crippen LogP contribution in [0.2, 0.25) is 0 Å². The number of rotatable bonds is 3. The van der Waals surface area contributed by atoms with E-state index in [9.17, 15) is 9.90 Å². The quantitative estimate of drug-likeness (QED) is 0.919. The van der Waals surface area contributed by atoms with Gasteiger partial charge in [0.05, 0.1) is 5.92 Å². The second-order valence-electron chi connectivity index (χ2n) is 6.47. The summed E-state index contributed by atoms with van der Waals surface area (Å²) in [6.07, 6.45) is 5.85. The maximum absolute atomic E-state index is 11.6. The van der Waals surface area contributed by atoms with Crippen molar-refractivity contribution in [3.63, 3.8) is 0 Å². The molecule has 1 aromatic rings. The first-order valence-electron chi connectivity index (χ1n) is 7.69. The fourth-order valence-corrected chi connectivity index (χ4v) is 4.14. The number of hydrogen-bond acceptors (Lipinski definition) is 2. The summed E-state index contributed by atoms with van der Waals surface area (Å²) in [5.41, 5.74) is 1.32. The minimum Gasteiger partial charge on any atom is -0.481 e. The lowest BCUT2D eigenvalue weighted by molar-refractivity contribution is -0.145. The Balaban J connectivity index is 1.74. The molecule has 0 unspecified atom stereocenters. The lowest BCUT2D eigenvalue weighted by Crippen LogP contribution is -2.36. The fraction of sp³-hybridized carbons (Fsp3) is 0.588. The van der Waals surface area contributed by atoms with Crippen LogP contribution < -0.4 is 0 Å². The molecule has 2 fully saturated rings. The lowest BCUT2D eigenvalue weighted by Gasteiger charge is -2.36. The molecule has 0 amide bonds. The van der Waals surface area contributed by atoms with Gasteiger partial charge in [0.1, 0.15) is 0 Å². The van der Waals surface area contributed by atoms with Crippen molar-refractivity contribution in [3.8, 4) is 0 Å². The Hall–Kier alpha value is -1.35. The number of hydrogen-bond donors (Lipinski definition) is 1. The molecule has 3 rings (SSSR count). The van der Waals surface area contributed by atoms with Crippen LogP contribution >= 0.6 is 0 Å². The van der Waals surface area contributed by atoms with E-state index in [-0.39, 0.29) is 11.3 Å². The average Bonchev–Trinajstić information content (AvgIpc) is 2.79. The van der Waals surface area contributed by atoms with Gasteiger partial charge in [0, 0.05) is 19.6 Å². The summed E-state index contributed by atoms with van der Waals surface area (Å²) in [5.74, 6) is -0.769. The van der Waals surface area contributed by atoms with Crippen LogP contribution in [0, 0.1) is 11.3 Å². The van der Waals surface area contributed by atoms with Crippen molar-refractivity contribution in [2.45, 2.75) is 38.6 Å². The van der Waals surface area contributed by atoms with Gasteiger partial charge in [0.2, 0.25) is 0 Å². The molecule has 1 aromatic carbocycles. The fourth-order valence-electron chi connectivity index (χ4n) is 4.14. The Morgan fingerprint density at radius 1 is 1.20 bits per heavy atom. The Bertz CT molecular complexity index is 465. The molecule has 0 bridgehead atoms. The summed E-state index contributed by atoms with van der Waals surface area (Å²) in [4.78, 5) is 14.0. The summed E-state index contributed by atoms with van der Waals surface area (Å²) in [6, 6.07) is 10.4. The molecule has 0 aromatic heterocycles. The van der Waals surface area contributed by atoms with Crippen LogP contribution in [0.5, 0.6) is 0 Å². The minimum atomic E-state index is -0.595. The predicted octanol–water partition coefficient (Wildman–Crippen LogP) is 3.15. The molecule has 1 heterocycles. The summed E-state index contributed by atoms with van der Waals surface area (Å²) < 4.78 is 0. The van der Waals surface area contributed by atoms with Crippen LogP contribution in [-0.2, 0) is 11.3 Å². The van der Waals surface area contributed by atoms with Crippen molar-refractivity contribution in [2.24, 2.45) is 11.3 Å². The first-order chi connectivity index (χ1) is 9.70. The molecular weight excluding hydrogens is 250 g/mol. The highest BCUT2D eigenvalue weighted by atomic mass is 16.4. The summed E-state index contributed by atoms with van der Waals surface area (Å²) in [5, 5.41) is 9.59. The highest BCUT2D eigenvalue weighted by Crippen LogP contribution is 2.47. The minimum absolute atomic E-state index is 0.0405. The molecule has 1 saturated heterocycles. The molecule has 1 N–H and O–H groups in total. The van der Waals surface area contributed by atoms with E-state index in [2.05, 4.69) is 29.2 Å². The molecule has 1 aliphatic heterocycles. The van der Waals surface area contributed by atoms with Crippen molar-refractivity contribution in [1.29, 1.82) is 0 Å². The highest BCUT2D eigenvalue weighted by Gasteiger charge is 2.50. The van der Waals surface area contributed by atoms with Crippen molar-refractivity contribution >= 4 is 5.97 Å². The van der Waals surface area contributed by atoms with E-state index in [1.807, 2.05) is 6.07 Å². The second kappa shape index (κ2) is 5.57. The number of carboxylic acids is 1. The lowest BCUT2D eigenvalue weighted by atomic mass is 9.68. The third-order valence-corrected chi connectivity index (χ3v) is 5.11. The first-order valence-corrected chi connectivity index (χ1v) is 7.69. The molecule has 1 aliphatic carbocycles. The molecule has 1 spiro atoms. The maximum atomic E-state index is 11.6. The normalized spacial score (nSPS) is 25.9. The smallest absolute Gasteiger partial charge is 0.308 e. The predicted molar refractivity (Wildman–Crippen MR) is 78.4 cm³/mol. The zero-order valence-corrected chi connectivity index (χ0v) is 11.9. The number of benzene rings is 1. The molecule has 3 heteroatoms. The number of carbonyl (C=O) groups is 1. The Morgan fingerprint density at radius 3 is 2.55 bits per heavy atom. The number of aliphatic carboxylic acids is 1. The number of likely N-dealkylation sites (tertiary alicyclic amines) is 1. The van der Waals surface area contributed by atoms with Crippen molar-refractivity contribution < 1.29 is 9.90 Å². The van der Waals surface area contributed by atoms with Gasteiger partial charge in [0.15, 0.2) is 0 Å². The SMILES string of the molecule is O=C(O)[C@@H]1CN(Cc2ccccc2)CC12CCCCC2. The van der Waals surface area contributed by atoms with Gasteiger partial charge in [-0.1, -0.05) is 49.6 Å². The van der Waals surface area contributed by atoms with Crippen LogP contribution in [0.15, 0.2) is 30.3 Å². The molecule has 2 aliphatic rings. The monoisotopic (exact) mass is 273 g/mol. The second-order valence-corrected chi connectivity index (χ2v) is 6.47. The number of carboxylic acid groups (broad SMARTS) is 1. The Morgan fingerprint density at radius 2 is 1.90 bits per heavy atom. The van der Waals surface area contributed by atoms with Gasteiger partial charge >= 0.3 is 5.97 Å². The molecule has 20 heavy (non-hydrogen) atoms. The van der Waals surface area contributed by atoms with Gasteiger partial charge in [-0.2, -0.15) is 0 Å². The van der Waals surface area contributed by atoms with Crippen LogP contribution in [-0.4, -0.2) is 29.1 Å². The zero-order chi connectivity index (χ0) is 14.0. The van der Waals surface area contributed by atoms with Gasteiger partial charge < -0.3 is 5.11 Å². The van der Waals surface area contributed by atoms with E-state index in [1.165, 1.54) is 24.8 Å². The van der Waals surface area contributed by atoms with E-state index in [1.54, 1.807) is 0 Å². The van der Waals surface area contributed by atoms with Gasteiger partial charge in [-0.25, -0.2) is 0 Å². The van der Waals surface area contributed by atoms with Crippen LogP contribution in [0.1, 0.15) is 37.7 Å². The van der Waals surface area contributed by atoms with E-state index in [0.29, 0.717) is 6.54 Å². The van der Waals surface area contributed by atoms with Gasteiger partial charge in [-0.3, -0.25) is 9.69 Å². The third-order valence-electron chi connectivity index (χ3n) is 5.11. The van der Waals surface area contributed by atoms with E-state index < -0.39 is 5.97 Å². The first kappa shape index (κ1) is 13.6. The molecule has 1 atom stereocenters. The van der Waals surface area contributed by atoms with Gasteiger partial charge in [-0.05, 0) is 23.8 Å². The van der Waals surface area contributed by atoms with Crippen molar-refractivity contribution in [3.05, 3.63) is 35.9 Å². The van der Waals surface area contributed by atoms with Crippen molar-refractivity contribution in [1.82, 2.24) is 4.90 Å². The largest absolute Gasteiger partial charge is 0.481 e. The average molecular weight is 273 g/mol. The topological polar surface area (TPSA) is 40.5 Å². The summed E-state index contributed by atoms with van der Waals surface area (Å²) >= 11 is 0. The Kier molecular flexibility index (Phi) is 3.79. The molecule has 0 radical (unpaired) electrons. The standard InChI is InChI=1S/C17H23NO2/c19-16(20)15-12-18(11-14-7-3-1-4-8-14)13-17(15)9-5-2-6-10-17/h1,3-4,7-8,15H,2,5-6,9-13H2,(H,19,20)/t15-/m0/s1. The van der Waals surface area contributed by atoms with E-state index in [0.717, 1.165) is 25.9 Å². The van der Waals surface area contributed by atoms with Crippen LogP contribution in [0.3, 0.4) is 0 Å². The summed E-state index contributed by atoms with van der Waals surface area (Å²) in [6.45, 7) is 2.55. The zero-order valence-electron chi connectivity index (χ0n) is 11.9. The molecule has 1 saturated carbocycles. The Labute approximate surface area is 120 Å². The molecule has 3 nitrogen and oxygen atoms in total. The highest BCUT2D eigenvalue weighted by molar-refractivity contribution is 5.72.